The van der Waals surface area contributed by atoms with E-state index in [-0.39, 0.29) is 17.6 Å². The Morgan fingerprint density at radius 1 is 1.09 bits per heavy atom. The minimum Gasteiger partial charge on any atom is -0.508 e. The van der Waals surface area contributed by atoms with E-state index in [0.717, 1.165) is 12.0 Å². The van der Waals surface area contributed by atoms with Gasteiger partial charge in [-0.3, -0.25) is 24.6 Å². The molecule has 5 rings (SSSR count). The summed E-state index contributed by atoms with van der Waals surface area (Å²) in [5, 5.41) is 15.7. The second-order valence-corrected chi connectivity index (χ2v) is 8.76. The summed E-state index contributed by atoms with van der Waals surface area (Å²) >= 11 is 0. The van der Waals surface area contributed by atoms with Crippen LogP contribution < -0.4 is 10.6 Å². The Hall–Kier alpha value is -3.26. The van der Waals surface area contributed by atoms with Gasteiger partial charge >= 0.3 is 0 Å². The molecular formula is C24H24FN3O4. The lowest BCUT2D eigenvalue weighted by Crippen LogP contribution is -2.53. The molecule has 3 N–H and O–H groups in total. The van der Waals surface area contributed by atoms with Crippen molar-refractivity contribution < 1.29 is 23.9 Å². The first-order valence-electron chi connectivity index (χ1n) is 10.9. The third kappa shape index (κ3) is 2.86. The average Bonchev–Trinajstić information content (AvgIpc) is 3.34. The maximum absolute atomic E-state index is 14.2. The Morgan fingerprint density at radius 3 is 2.56 bits per heavy atom. The number of rotatable bonds is 5. The summed E-state index contributed by atoms with van der Waals surface area (Å²) in [7, 11) is 0. The summed E-state index contributed by atoms with van der Waals surface area (Å²) in [5.74, 6) is -3.20. The SMILES string of the molecule is CCCCN1C(=O)[C@H]2[C@@H](C1=O)[C@]1(N[C@@H]2Cc2ccc(O)cc2)C(=O)Nc2ccc(F)cc21. The van der Waals surface area contributed by atoms with Crippen molar-refractivity contribution in [3.05, 3.63) is 59.4 Å². The lowest BCUT2D eigenvalue weighted by Gasteiger charge is -2.29. The van der Waals surface area contributed by atoms with E-state index in [4.69, 9.17) is 0 Å². The first-order chi connectivity index (χ1) is 15.4. The van der Waals surface area contributed by atoms with Crippen molar-refractivity contribution >= 4 is 23.4 Å². The van der Waals surface area contributed by atoms with Crippen molar-refractivity contribution in [2.75, 3.05) is 11.9 Å². The zero-order valence-electron chi connectivity index (χ0n) is 17.6. The van der Waals surface area contributed by atoms with E-state index in [0.29, 0.717) is 30.6 Å². The molecule has 2 saturated heterocycles. The summed E-state index contributed by atoms with van der Waals surface area (Å²) in [6, 6.07) is 10.1. The molecule has 2 aromatic carbocycles. The van der Waals surface area contributed by atoms with Crippen LogP contribution >= 0.6 is 0 Å². The molecule has 0 bridgehead atoms. The van der Waals surface area contributed by atoms with Crippen molar-refractivity contribution in [2.45, 2.75) is 37.8 Å². The number of fused-ring (bicyclic) bond motifs is 4. The fraction of sp³-hybridized carbons (Fsp3) is 0.375. The van der Waals surface area contributed by atoms with Gasteiger partial charge < -0.3 is 10.4 Å². The van der Waals surface area contributed by atoms with Crippen LogP contribution in [0.5, 0.6) is 5.75 Å². The van der Waals surface area contributed by atoms with Crippen LogP contribution in [-0.2, 0) is 26.3 Å². The monoisotopic (exact) mass is 437 g/mol. The van der Waals surface area contributed by atoms with Gasteiger partial charge in [0, 0.05) is 23.8 Å². The first kappa shape index (κ1) is 20.6. The molecule has 3 amide bonds. The molecule has 2 fully saturated rings. The number of anilines is 1. The van der Waals surface area contributed by atoms with Crippen LogP contribution in [0.1, 0.15) is 30.9 Å². The van der Waals surface area contributed by atoms with Gasteiger partial charge in [-0.15, -0.1) is 0 Å². The molecular weight excluding hydrogens is 413 g/mol. The Morgan fingerprint density at radius 2 is 1.84 bits per heavy atom. The molecule has 32 heavy (non-hydrogen) atoms. The summed E-state index contributed by atoms with van der Waals surface area (Å²) < 4.78 is 14.2. The molecule has 8 heteroatoms. The molecule has 0 unspecified atom stereocenters. The van der Waals surface area contributed by atoms with Crippen molar-refractivity contribution in [1.29, 1.82) is 0 Å². The van der Waals surface area contributed by atoms with Crippen LogP contribution in [-0.4, -0.2) is 40.3 Å². The van der Waals surface area contributed by atoms with E-state index in [2.05, 4.69) is 10.6 Å². The summed E-state index contributed by atoms with van der Waals surface area (Å²) in [5.41, 5.74) is 0.155. The van der Waals surface area contributed by atoms with E-state index in [1.807, 2.05) is 6.92 Å². The fourth-order valence-electron chi connectivity index (χ4n) is 5.43. The molecule has 4 atom stereocenters. The number of amides is 3. The number of imide groups is 1. The average molecular weight is 437 g/mol. The number of hydrogen-bond donors (Lipinski definition) is 3. The molecule has 3 aliphatic heterocycles. The largest absolute Gasteiger partial charge is 0.508 e. The maximum atomic E-state index is 14.2. The second-order valence-electron chi connectivity index (χ2n) is 8.76. The predicted octanol–water partition coefficient (Wildman–Crippen LogP) is 2.29. The van der Waals surface area contributed by atoms with Crippen LogP contribution in [0.2, 0.25) is 0 Å². The number of likely N-dealkylation sites (tertiary alicyclic amines) is 1. The van der Waals surface area contributed by atoms with Gasteiger partial charge in [-0.2, -0.15) is 0 Å². The number of phenolic OH excluding ortho intramolecular Hbond substituents is 1. The van der Waals surface area contributed by atoms with Crippen molar-refractivity contribution in [3.63, 3.8) is 0 Å². The van der Waals surface area contributed by atoms with Gasteiger partial charge in [0.15, 0.2) is 0 Å². The topological polar surface area (TPSA) is 98.7 Å². The van der Waals surface area contributed by atoms with E-state index >= 15 is 0 Å². The van der Waals surface area contributed by atoms with Crippen LogP contribution in [0.4, 0.5) is 10.1 Å². The summed E-state index contributed by atoms with van der Waals surface area (Å²) in [6.07, 6.45) is 1.88. The van der Waals surface area contributed by atoms with Crippen LogP contribution in [0.15, 0.2) is 42.5 Å². The van der Waals surface area contributed by atoms with Gasteiger partial charge in [0.1, 0.15) is 17.1 Å². The summed E-state index contributed by atoms with van der Waals surface area (Å²) in [6.45, 7) is 2.28. The lowest BCUT2D eigenvalue weighted by molar-refractivity contribution is -0.142. The molecule has 0 saturated carbocycles. The molecule has 2 aromatic rings. The zero-order chi connectivity index (χ0) is 22.6. The number of benzene rings is 2. The highest BCUT2D eigenvalue weighted by Crippen LogP contribution is 2.53. The Kier molecular flexibility index (Phi) is 4.78. The van der Waals surface area contributed by atoms with Crippen LogP contribution in [0.3, 0.4) is 0 Å². The molecule has 7 nitrogen and oxygen atoms in total. The van der Waals surface area contributed by atoms with E-state index in [1.54, 1.807) is 24.3 Å². The maximum Gasteiger partial charge on any atom is 0.250 e. The minimum absolute atomic E-state index is 0.125. The number of phenols is 1. The number of unbranched alkanes of at least 4 members (excludes halogenated alkanes) is 1. The van der Waals surface area contributed by atoms with Crippen LogP contribution in [0.25, 0.3) is 0 Å². The van der Waals surface area contributed by atoms with E-state index in [9.17, 15) is 23.9 Å². The number of aromatic hydroxyl groups is 1. The third-order valence-electron chi connectivity index (χ3n) is 6.90. The Balaban J connectivity index is 1.61. The van der Waals surface area contributed by atoms with Gasteiger partial charge in [-0.25, -0.2) is 4.39 Å². The van der Waals surface area contributed by atoms with Gasteiger partial charge in [0.05, 0.1) is 11.8 Å². The smallest absolute Gasteiger partial charge is 0.250 e. The summed E-state index contributed by atoms with van der Waals surface area (Å²) in [4.78, 5) is 41.5. The van der Waals surface area contributed by atoms with Crippen LogP contribution in [0, 0.1) is 17.7 Å². The normalized spacial score (nSPS) is 28.4. The van der Waals surface area contributed by atoms with E-state index in [1.165, 1.54) is 23.1 Å². The molecule has 166 valence electrons. The highest BCUT2D eigenvalue weighted by Gasteiger charge is 2.70. The number of nitrogens with zero attached hydrogens (tertiary/aromatic N) is 1. The molecule has 3 heterocycles. The zero-order valence-corrected chi connectivity index (χ0v) is 17.6. The third-order valence-corrected chi connectivity index (χ3v) is 6.90. The highest BCUT2D eigenvalue weighted by molar-refractivity contribution is 6.15. The Labute approximate surface area is 184 Å². The number of nitrogens with one attached hydrogen (secondary N) is 2. The van der Waals surface area contributed by atoms with Crippen molar-refractivity contribution in [1.82, 2.24) is 10.2 Å². The number of hydrogen-bond acceptors (Lipinski definition) is 5. The lowest BCUT2D eigenvalue weighted by atomic mass is 9.76. The molecule has 0 radical (unpaired) electrons. The molecule has 1 spiro atoms. The molecule has 3 aliphatic rings. The first-order valence-corrected chi connectivity index (χ1v) is 10.9. The number of carbonyl (C=O) groups excluding carboxylic acids is 3. The minimum atomic E-state index is -1.50. The second kappa shape index (κ2) is 7.41. The number of carbonyl (C=O) groups is 3. The van der Waals surface area contributed by atoms with Gasteiger partial charge in [-0.05, 0) is 48.7 Å². The Bertz CT molecular complexity index is 1120. The number of halogens is 1. The highest BCUT2D eigenvalue weighted by atomic mass is 19.1. The van der Waals surface area contributed by atoms with Crippen molar-refractivity contribution in [2.24, 2.45) is 11.8 Å². The predicted molar refractivity (Wildman–Crippen MR) is 114 cm³/mol. The quantitative estimate of drug-likeness (QED) is 0.624. The van der Waals surface area contributed by atoms with E-state index < -0.39 is 35.1 Å². The van der Waals surface area contributed by atoms with Gasteiger partial charge in [0.25, 0.3) is 0 Å². The fourth-order valence-corrected chi connectivity index (χ4v) is 5.43. The van der Waals surface area contributed by atoms with Gasteiger partial charge in [-0.1, -0.05) is 25.5 Å². The molecule has 0 aromatic heterocycles. The van der Waals surface area contributed by atoms with Crippen molar-refractivity contribution in [3.8, 4) is 5.75 Å². The standard InChI is InChI=1S/C24H24FN3O4/c1-2-3-10-28-21(30)19-18(11-13-4-7-15(29)8-5-13)27-24(20(19)22(28)31)16-12-14(25)6-9-17(16)26-23(24)32/h4-9,12,18-20,27,29H,2-3,10-11H2,1H3,(H,26,32)/t18-,19-,20+,24+/m1/s1. The van der Waals surface area contributed by atoms with Gasteiger partial charge in [0.2, 0.25) is 17.7 Å². The molecule has 0 aliphatic carbocycles.